The van der Waals surface area contributed by atoms with Gasteiger partial charge >= 0.3 is 5.97 Å². The van der Waals surface area contributed by atoms with Crippen LogP contribution in [0, 0.1) is 0 Å². The monoisotopic (exact) mass is 261 g/mol. The summed E-state index contributed by atoms with van der Waals surface area (Å²) < 4.78 is 5.46. The van der Waals surface area contributed by atoms with Crippen LogP contribution in [0.3, 0.4) is 0 Å². The second-order valence-corrected chi connectivity index (χ2v) is 5.09. The van der Waals surface area contributed by atoms with Crippen LogP contribution in [-0.4, -0.2) is 47.7 Å². The molecule has 1 fully saturated rings. The van der Waals surface area contributed by atoms with E-state index in [1.807, 2.05) is 0 Å². The fourth-order valence-electron chi connectivity index (χ4n) is 1.67. The molecule has 1 rings (SSSR count). The highest BCUT2D eigenvalue weighted by Gasteiger charge is 2.17. The molecule has 0 spiro atoms. The van der Waals surface area contributed by atoms with E-state index in [0.717, 1.165) is 25.9 Å². The quantitative estimate of drug-likeness (QED) is 0.665. The fourth-order valence-corrected chi connectivity index (χ4v) is 2.23. The number of thioether (sulfide) groups is 1. The third-order valence-electron chi connectivity index (χ3n) is 2.48. The van der Waals surface area contributed by atoms with Crippen LogP contribution in [0.5, 0.6) is 0 Å². The molecule has 0 saturated carbocycles. The molecule has 2 N–H and O–H groups in total. The maximum Gasteiger partial charge on any atom is 0.313 e. The van der Waals surface area contributed by atoms with Gasteiger partial charge in [0.15, 0.2) is 0 Å². The zero-order valence-electron chi connectivity index (χ0n) is 9.81. The number of hydrogen-bond donors (Lipinski definition) is 2. The minimum Gasteiger partial charge on any atom is -0.481 e. The van der Waals surface area contributed by atoms with Crippen LogP contribution in [-0.2, 0) is 14.3 Å². The molecule has 0 radical (unpaired) electrons. The third-order valence-corrected chi connectivity index (χ3v) is 3.43. The first kappa shape index (κ1) is 14.3. The van der Waals surface area contributed by atoms with Gasteiger partial charge in [0.1, 0.15) is 0 Å². The number of hydrogen-bond acceptors (Lipinski definition) is 4. The van der Waals surface area contributed by atoms with E-state index in [2.05, 4.69) is 5.32 Å². The van der Waals surface area contributed by atoms with E-state index < -0.39 is 5.97 Å². The molecule has 1 aliphatic rings. The molecule has 1 atom stereocenters. The Bertz CT molecular complexity index is 254. The van der Waals surface area contributed by atoms with Crippen molar-refractivity contribution in [3.63, 3.8) is 0 Å². The molecule has 0 aromatic rings. The molecular formula is C11H19NO4S. The molecule has 1 amide bonds. The first-order chi connectivity index (χ1) is 8.18. The van der Waals surface area contributed by atoms with Crippen molar-refractivity contribution in [2.75, 3.05) is 24.7 Å². The summed E-state index contributed by atoms with van der Waals surface area (Å²) in [6.45, 7) is 1.27. The van der Waals surface area contributed by atoms with E-state index in [9.17, 15) is 9.59 Å². The Labute approximate surface area is 105 Å². The Morgan fingerprint density at radius 3 is 2.88 bits per heavy atom. The van der Waals surface area contributed by atoms with E-state index in [1.54, 1.807) is 0 Å². The molecule has 1 aliphatic heterocycles. The normalized spacial score (nSPS) is 19.9. The maximum absolute atomic E-state index is 11.5. The molecule has 1 unspecified atom stereocenters. The van der Waals surface area contributed by atoms with Crippen molar-refractivity contribution in [3.8, 4) is 0 Å². The van der Waals surface area contributed by atoms with Crippen molar-refractivity contribution in [2.24, 2.45) is 0 Å². The van der Waals surface area contributed by atoms with Crippen LogP contribution in [0.1, 0.15) is 25.7 Å². The van der Waals surface area contributed by atoms with Gasteiger partial charge in [-0.1, -0.05) is 0 Å². The lowest BCUT2D eigenvalue weighted by Gasteiger charge is -2.21. The number of nitrogens with one attached hydrogen (secondary N) is 1. The summed E-state index contributed by atoms with van der Waals surface area (Å²) in [5, 5.41) is 11.2. The molecule has 6 heteroatoms. The number of rotatable bonds is 7. The molecule has 0 aromatic carbocycles. The number of amides is 1. The average Bonchev–Trinajstić information content (AvgIpc) is 2.29. The lowest BCUT2D eigenvalue weighted by atomic mass is 10.1. The highest BCUT2D eigenvalue weighted by Crippen LogP contribution is 2.15. The Morgan fingerprint density at radius 2 is 2.24 bits per heavy atom. The smallest absolute Gasteiger partial charge is 0.313 e. The van der Waals surface area contributed by atoms with E-state index in [1.165, 1.54) is 11.8 Å². The first-order valence-corrected chi connectivity index (χ1v) is 7.02. The summed E-state index contributed by atoms with van der Waals surface area (Å²) in [4.78, 5) is 21.7. The lowest BCUT2D eigenvalue weighted by Crippen LogP contribution is -2.31. The number of carbonyl (C=O) groups is 2. The summed E-state index contributed by atoms with van der Waals surface area (Å²) in [6, 6.07) is 0. The number of carbonyl (C=O) groups excluding carboxylic acids is 1. The van der Waals surface area contributed by atoms with Crippen molar-refractivity contribution < 1.29 is 19.4 Å². The lowest BCUT2D eigenvalue weighted by molar-refractivity contribution is -0.134. The Balaban J connectivity index is 1.98. The molecular weight excluding hydrogens is 242 g/mol. The van der Waals surface area contributed by atoms with Crippen LogP contribution in [0.15, 0.2) is 0 Å². The SMILES string of the molecule is O=C(O)CSCCNC(=O)CC1CCCCO1. The predicted molar refractivity (Wildman–Crippen MR) is 66.2 cm³/mol. The molecule has 0 bridgehead atoms. The molecule has 0 aromatic heterocycles. The van der Waals surface area contributed by atoms with Gasteiger partial charge in [-0.3, -0.25) is 9.59 Å². The van der Waals surface area contributed by atoms with Crippen LogP contribution in [0.25, 0.3) is 0 Å². The Hall–Kier alpha value is -0.750. The topological polar surface area (TPSA) is 75.6 Å². The zero-order valence-corrected chi connectivity index (χ0v) is 10.6. The van der Waals surface area contributed by atoms with Gasteiger partial charge in [-0.05, 0) is 19.3 Å². The molecule has 1 saturated heterocycles. The van der Waals surface area contributed by atoms with Crippen molar-refractivity contribution in [3.05, 3.63) is 0 Å². The van der Waals surface area contributed by atoms with Gasteiger partial charge < -0.3 is 15.2 Å². The summed E-state index contributed by atoms with van der Waals surface area (Å²) in [6.07, 6.45) is 3.66. The number of ether oxygens (including phenoxy) is 1. The minimum absolute atomic E-state index is 0.00664. The fraction of sp³-hybridized carbons (Fsp3) is 0.818. The van der Waals surface area contributed by atoms with Gasteiger partial charge in [0, 0.05) is 18.9 Å². The third kappa shape index (κ3) is 7.23. The van der Waals surface area contributed by atoms with Crippen LogP contribution in [0.4, 0.5) is 0 Å². The van der Waals surface area contributed by atoms with Gasteiger partial charge in [-0.2, -0.15) is 0 Å². The van der Waals surface area contributed by atoms with Crippen molar-refractivity contribution in [1.82, 2.24) is 5.32 Å². The minimum atomic E-state index is -0.822. The molecule has 98 valence electrons. The first-order valence-electron chi connectivity index (χ1n) is 5.86. The van der Waals surface area contributed by atoms with Crippen molar-refractivity contribution in [1.29, 1.82) is 0 Å². The summed E-state index contributed by atoms with van der Waals surface area (Å²) in [5.74, 6) is -0.115. The zero-order chi connectivity index (χ0) is 12.5. The van der Waals surface area contributed by atoms with Crippen molar-refractivity contribution in [2.45, 2.75) is 31.8 Å². The highest BCUT2D eigenvalue weighted by atomic mass is 32.2. The second-order valence-electron chi connectivity index (χ2n) is 3.99. The maximum atomic E-state index is 11.5. The standard InChI is InChI=1S/C11H19NO4S/c13-10(7-9-3-1-2-5-16-9)12-4-6-17-8-11(14)15/h9H,1-8H2,(H,12,13)(H,14,15). The van der Waals surface area contributed by atoms with E-state index in [0.29, 0.717) is 18.7 Å². The number of carboxylic acid groups (broad SMARTS) is 1. The number of carboxylic acids is 1. The summed E-state index contributed by atoms with van der Waals surface area (Å²) in [5.41, 5.74) is 0. The predicted octanol–water partition coefficient (Wildman–Crippen LogP) is 0.880. The highest BCUT2D eigenvalue weighted by molar-refractivity contribution is 7.99. The number of aliphatic carboxylic acids is 1. The van der Waals surface area contributed by atoms with Gasteiger partial charge in [0.2, 0.25) is 5.91 Å². The van der Waals surface area contributed by atoms with Crippen molar-refractivity contribution >= 4 is 23.6 Å². The Morgan fingerprint density at radius 1 is 1.41 bits per heavy atom. The molecule has 5 nitrogen and oxygen atoms in total. The molecule has 0 aliphatic carbocycles. The van der Waals surface area contributed by atoms with Gasteiger partial charge in [-0.15, -0.1) is 11.8 Å². The summed E-state index contributed by atoms with van der Waals surface area (Å²) >= 11 is 1.30. The van der Waals surface area contributed by atoms with E-state index in [-0.39, 0.29) is 17.8 Å². The van der Waals surface area contributed by atoms with E-state index >= 15 is 0 Å². The van der Waals surface area contributed by atoms with Crippen LogP contribution < -0.4 is 5.32 Å². The van der Waals surface area contributed by atoms with Gasteiger partial charge in [0.05, 0.1) is 18.3 Å². The van der Waals surface area contributed by atoms with Crippen LogP contribution >= 0.6 is 11.8 Å². The molecule has 1 heterocycles. The summed E-state index contributed by atoms with van der Waals surface area (Å²) in [7, 11) is 0. The van der Waals surface area contributed by atoms with E-state index in [4.69, 9.17) is 9.84 Å². The largest absolute Gasteiger partial charge is 0.481 e. The average molecular weight is 261 g/mol. The van der Waals surface area contributed by atoms with Crippen LogP contribution in [0.2, 0.25) is 0 Å². The Kier molecular flexibility index (Phi) is 7.04. The van der Waals surface area contributed by atoms with Gasteiger partial charge in [0.25, 0.3) is 0 Å². The second kappa shape index (κ2) is 8.36. The molecule has 17 heavy (non-hydrogen) atoms. The van der Waals surface area contributed by atoms with Gasteiger partial charge in [-0.25, -0.2) is 0 Å².